The number of halogens is 1. The van der Waals surface area contributed by atoms with Crippen LogP contribution >= 0.6 is 11.8 Å². The van der Waals surface area contributed by atoms with Gasteiger partial charge in [0.1, 0.15) is 6.61 Å². The van der Waals surface area contributed by atoms with Gasteiger partial charge >= 0.3 is 0 Å². The molecule has 1 amide bonds. The number of thioether (sulfide) groups is 1. The van der Waals surface area contributed by atoms with Crippen molar-refractivity contribution in [2.45, 2.75) is 45.6 Å². The van der Waals surface area contributed by atoms with Crippen molar-refractivity contribution in [3.05, 3.63) is 58.4 Å². The third kappa shape index (κ3) is 4.21. The third-order valence-electron chi connectivity index (χ3n) is 4.79. The van der Waals surface area contributed by atoms with E-state index in [2.05, 4.69) is 11.4 Å². The van der Waals surface area contributed by atoms with E-state index in [1.807, 2.05) is 26.0 Å². The second-order valence-electron chi connectivity index (χ2n) is 6.62. The molecule has 0 atom stereocenters. The van der Waals surface area contributed by atoms with E-state index in [9.17, 15) is 9.18 Å². The van der Waals surface area contributed by atoms with Gasteiger partial charge in [-0.15, -0.1) is 0 Å². The SMILES string of the molecule is CCc1cc(F)c(OCc2c(NC(=O)SC)cccc2C2CC2)cc1C. The molecule has 1 aliphatic rings. The summed E-state index contributed by atoms with van der Waals surface area (Å²) in [5.74, 6) is 0.423. The monoisotopic (exact) mass is 373 g/mol. The minimum atomic E-state index is -0.342. The molecule has 0 aliphatic heterocycles. The highest BCUT2D eigenvalue weighted by atomic mass is 32.2. The van der Waals surface area contributed by atoms with Crippen molar-refractivity contribution >= 4 is 22.7 Å². The number of aryl methyl sites for hydroxylation is 2. The lowest BCUT2D eigenvalue weighted by Gasteiger charge is -2.17. The fraction of sp³-hybridized carbons (Fsp3) is 0.381. The van der Waals surface area contributed by atoms with Crippen LogP contribution in [0.15, 0.2) is 30.3 Å². The smallest absolute Gasteiger partial charge is 0.283 e. The van der Waals surface area contributed by atoms with E-state index in [1.54, 1.807) is 18.4 Å². The topological polar surface area (TPSA) is 38.3 Å². The predicted octanol–water partition coefficient (Wildman–Crippen LogP) is 6.05. The van der Waals surface area contributed by atoms with Crippen LogP contribution in [0.3, 0.4) is 0 Å². The average molecular weight is 373 g/mol. The maximum atomic E-state index is 14.4. The maximum Gasteiger partial charge on any atom is 0.283 e. The Morgan fingerprint density at radius 1 is 1.35 bits per heavy atom. The first-order chi connectivity index (χ1) is 12.5. The summed E-state index contributed by atoms with van der Waals surface area (Å²) in [5, 5.41) is 2.80. The molecule has 3 rings (SSSR count). The number of carbonyl (C=O) groups is 1. The molecule has 0 saturated heterocycles. The second-order valence-corrected chi connectivity index (χ2v) is 7.39. The van der Waals surface area contributed by atoms with Gasteiger partial charge in [-0.25, -0.2) is 4.39 Å². The molecule has 3 nitrogen and oxygen atoms in total. The van der Waals surface area contributed by atoms with Crippen LogP contribution in [-0.4, -0.2) is 11.5 Å². The van der Waals surface area contributed by atoms with E-state index in [0.29, 0.717) is 5.92 Å². The van der Waals surface area contributed by atoms with Crippen LogP contribution in [0.25, 0.3) is 0 Å². The number of hydrogen-bond acceptors (Lipinski definition) is 3. The molecule has 138 valence electrons. The standard InChI is InChI=1S/C21H24FNO2S/c1-4-14-11-18(22)20(10-13(14)2)25-12-17-16(15-8-9-15)6-5-7-19(17)23-21(24)26-3/h5-7,10-11,15H,4,8-9,12H2,1-3H3,(H,23,24). The van der Waals surface area contributed by atoms with Gasteiger partial charge in [-0.3, -0.25) is 4.79 Å². The minimum Gasteiger partial charge on any atom is -0.486 e. The molecule has 26 heavy (non-hydrogen) atoms. The maximum absolute atomic E-state index is 14.4. The van der Waals surface area contributed by atoms with Gasteiger partial charge in [0.05, 0.1) is 0 Å². The second kappa shape index (κ2) is 8.12. The van der Waals surface area contributed by atoms with Gasteiger partial charge in [-0.2, -0.15) is 0 Å². The minimum absolute atomic E-state index is 0.117. The molecule has 5 heteroatoms. The van der Waals surface area contributed by atoms with Gasteiger partial charge in [0, 0.05) is 11.3 Å². The third-order valence-corrected chi connectivity index (χ3v) is 5.27. The number of amides is 1. The number of anilines is 1. The molecule has 1 saturated carbocycles. The van der Waals surface area contributed by atoms with Crippen molar-refractivity contribution in [3.63, 3.8) is 0 Å². The Morgan fingerprint density at radius 2 is 2.12 bits per heavy atom. The van der Waals surface area contributed by atoms with Gasteiger partial charge in [0.15, 0.2) is 11.6 Å². The Morgan fingerprint density at radius 3 is 2.77 bits per heavy atom. The van der Waals surface area contributed by atoms with Crippen molar-refractivity contribution in [3.8, 4) is 5.75 Å². The Kier molecular flexibility index (Phi) is 5.87. The van der Waals surface area contributed by atoms with Crippen molar-refractivity contribution in [1.29, 1.82) is 0 Å². The first-order valence-corrected chi connectivity index (χ1v) is 10.1. The summed E-state index contributed by atoms with van der Waals surface area (Å²) in [6, 6.07) is 9.21. The fourth-order valence-corrected chi connectivity index (χ4v) is 3.37. The van der Waals surface area contributed by atoms with Crippen LogP contribution in [0.4, 0.5) is 14.9 Å². The number of rotatable bonds is 6. The predicted molar refractivity (Wildman–Crippen MR) is 106 cm³/mol. The summed E-state index contributed by atoms with van der Waals surface area (Å²) in [6.07, 6.45) is 4.82. The largest absolute Gasteiger partial charge is 0.486 e. The van der Waals surface area contributed by atoms with Crippen LogP contribution in [0.5, 0.6) is 5.75 Å². The molecule has 1 fully saturated rings. The van der Waals surface area contributed by atoms with Crippen molar-refractivity contribution in [2.24, 2.45) is 0 Å². The summed E-state index contributed by atoms with van der Waals surface area (Å²) in [7, 11) is 0. The normalized spacial score (nSPS) is 13.5. The van der Waals surface area contributed by atoms with E-state index in [-0.39, 0.29) is 23.4 Å². The van der Waals surface area contributed by atoms with Crippen LogP contribution in [0.1, 0.15) is 47.9 Å². The van der Waals surface area contributed by atoms with Crippen LogP contribution in [-0.2, 0) is 13.0 Å². The molecular weight excluding hydrogens is 349 g/mol. The van der Waals surface area contributed by atoms with Gasteiger partial charge < -0.3 is 10.1 Å². The first-order valence-electron chi connectivity index (χ1n) is 8.92. The molecule has 0 spiro atoms. The Bertz CT molecular complexity index is 818. The highest BCUT2D eigenvalue weighted by Crippen LogP contribution is 2.43. The summed E-state index contributed by atoms with van der Waals surface area (Å²) >= 11 is 1.13. The van der Waals surface area contributed by atoms with Gasteiger partial charge in [-0.1, -0.05) is 30.8 Å². The highest BCUT2D eigenvalue weighted by Gasteiger charge is 2.27. The van der Waals surface area contributed by atoms with Gasteiger partial charge in [0.2, 0.25) is 0 Å². The molecule has 0 bridgehead atoms. The molecule has 0 heterocycles. The number of nitrogens with one attached hydrogen (secondary N) is 1. The fourth-order valence-electron chi connectivity index (χ4n) is 3.16. The lowest BCUT2D eigenvalue weighted by atomic mass is 10.0. The van der Waals surface area contributed by atoms with E-state index in [4.69, 9.17) is 4.74 Å². The number of benzene rings is 2. The summed E-state index contributed by atoms with van der Waals surface area (Å²) in [5.41, 5.74) is 4.88. The van der Waals surface area contributed by atoms with E-state index in [0.717, 1.165) is 53.4 Å². The molecule has 1 N–H and O–H groups in total. The van der Waals surface area contributed by atoms with Crippen LogP contribution < -0.4 is 10.1 Å². The van der Waals surface area contributed by atoms with Crippen LogP contribution in [0.2, 0.25) is 0 Å². The molecule has 2 aromatic carbocycles. The molecule has 2 aromatic rings. The zero-order valence-electron chi connectivity index (χ0n) is 15.4. The summed E-state index contributed by atoms with van der Waals surface area (Å²) in [4.78, 5) is 11.8. The molecule has 1 aliphatic carbocycles. The van der Waals surface area contributed by atoms with Crippen molar-refractivity contribution in [2.75, 3.05) is 11.6 Å². The van der Waals surface area contributed by atoms with Gasteiger partial charge in [0.25, 0.3) is 5.24 Å². The molecule has 0 radical (unpaired) electrons. The Labute approximate surface area is 158 Å². The number of carbonyl (C=O) groups excluding carboxylic acids is 1. The zero-order chi connectivity index (χ0) is 18.7. The Balaban J connectivity index is 1.87. The number of hydrogen-bond donors (Lipinski definition) is 1. The summed E-state index contributed by atoms with van der Waals surface area (Å²) < 4.78 is 20.2. The van der Waals surface area contributed by atoms with Crippen LogP contribution in [0, 0.1) is 12.7 Å². The average Bonchev–Trinajstić information content (AvgIpc) is 3.47. The van der Waals surface area contributed by atoms with Gasteiger partial charge in [-0.05, 0) is 73.2 Å². The van der Waals surface area contributed by atoms with E-state index >= 15 is 0 Å². The van der Waals surface area contributed by atoms with E-state index in [1.165, 1.54) is 5.56 Å². The Hall–Kier alpha value is -2.01. The van der Waals surface area contributed by atoms with E-state index < -0.39 is 0 Å². The lowest BCUT2D eigenvalue weighted by molar-refractivity contribution is 0.269. The lowest BCUT2D eigenvalue weighted by Crippen LogP contribution is -2.10. The van der Waals surface area contributed by atoms with Crippen molar-refractivity contribution < 1.29 is 13.9 Å². The zero-order valence-corrected chi connectivity index (χ0v) is 16.2. The first kappa shape index (κ1) is 18.8. The highest BCUT2D eigenvalue weighted by molar-refractivity contribution is 8.13. The quantitative estimate of drug-likeness (QED) is 0.670. The van der Waals surface area contributed by atoms with Crippen molar-refractivity contribution in [1.82, 2.24) is 0 Å². The summed E-state index contributed by atoms with van der Waals surface area (Å²) in [6.45, 7) is 4.21. The number of ether oxygens (including phenoxy) is 1. The molecule has 0 unspecified atom stereocenters. The molecule has 0 aromatic heterocycles. The molecular formula is C21H24FNO2S.